The van der Waals surface area contributed by atoms with Crippen molar-refractivity contribution in [1.82, 2.24) is 13.7 Å². The topological polar surface area (TPSA) is 48.9 Å². The van der Waals surface area contributed by atoms with Gasteiger partial charge >= 0.3 is 5.69 Å². The second-order valence-corrected chi connectivity index (χ2v) is 5.53. The minimum Gasteiger partial charge on any atom is -0.337 e. The molecular formula is C15H13ClFN3O2. The molecular weight excluding hydrogens is 309 g/mol. The summed E-state index contributed by atoms with van der Waals surface area (Å²) in [6, 6.07) is 5.78. The van der Waals surface area contributed by atoms with Crippen LogP contribution < -0.4 is 11.2 Å². The molecule has 0 unspecified atom stereocenters. The molecule has 0 saturated heterocycles. The number of benzene rings is 1. The summed E-state index contributed by atoms with van der Waals surface area (Å²) in [5.74, 6) is -0.392. The van der Waals surface area contributed by atoms with E-state index in [1.54, 1.807) is 23.9 Å². The van der Waals surface area contributed by atoms with Crippen molar-refractivity contribution < 1.29 is 4.39 Å². The molecule has 0 spiro atoms. The molecule has 22 heavy (non-hydrogen) atoms. The van der Waals surface area contributed by atoms with Gasteiger partial charge in [0.15, 0.2) is 0 Å². The zero-order chi connectivity index (χ0) is 16.0. The van der Waals surface area contributed by atoms with Gasteiger partial charge in [-0.05, 0) is 29.8 Å². The molecule has 1 aromatic carbocycles. The third-order valence-electron chi connectivity index (χ3n) is 3.73. The number of hydrogen-bond acceptors (Lipinski definition) is 2. The van der Waals surface area contributed by atoms with Gasteiger partial charge in [0, 0.05) is 31.9 Å². The van der Waals surface area contributed by atoms with Crippen molar-refractivity contribution >= 4 is 22.6 Å². The number of fused-ring (bicyclic) bond motifs is 1. The van der Waals surface area contributed by atoms with E-state index in [0.717, 1.165) is 4.57 Å². The van der Waals surface area contributed by atoms with Crippen LogP contribution in [0.5, 0.6) is 0 Å². The third kappa shape index (κ3) is 2.16. The molecule has 2 heterocycles. The van der Waals surface area contributed by atoms with Crippen molar-refractivity contribution in [2.75, 3.05) is 0 Å². The van der Waals surface area contributed by atoms with Crippen LogP contribution in [0.4, 0.5) is 4.39 Å². The quantitative estimate of drug-likeness (QED) is 0.723. The standard InChI is InChI=1S/C15H13ClFN3O2/c1-18-12-5-6-20(13(12)14(21)19(2)15(18)22)8-9-7-10(17)3-4-11(9)16/h3-7H,8H2,1-2H3. The van der Waals surface area contributed by atoms with E-state index in [0.29, 0.717) is 21.6 Å². The fourth-order valence-electron chi connectivity index (χ4n) is 2.52. The number of hydrogen-bond donors (Lipinski definition) is 0. The Morgan fingerprint density at radius 1 is 1.14 bits per heavy atom. The van der Waals surface area contributed by atoms with Gasteiger partial charge in [0.2, 0.25) is 0 Å². The second kappa shape index (κ2) is 5.14. The predicted molar refractivity (Wildman–Crippen MR) is 82.9 cm³/mol. The van der Waals surface area contributed by atoms with Gasteiger partial charge in [-0.1, -0.05) is 11.6 Å². The summed E-state index contributed by atoms with van der Waals surface area (Å²) in [4.78, 5) is 24.3. The molecule has 0 aliphatic rings. The van der Waals surface area contributed by atoms with Gasteiger partial charge in [-0.25, -0.2) is 9.18 Å². The lowest BCUT2D eigenvalue weighted by molar-refractivity contribution is 0.624. The molecule has 7 heteroatoms. The maximum atomic E-state index is 13.4. The molecule has 0 atom stereocenters. The smallest absolute Gasteiger partial charge is 0.331 e. The molecule has 3 rings (SSSR count). The molecule has 0 N–H and O–H groups in total. The SMILES string of the molecule is Cn1c(=O)c2c(ccn2Cc2cc(F)ccc2Cl)n(C)c1=O. The van der Waals surface area contributed by atoms with Gasteiger partial charge < -0.3 is 4.57 Å². The van der Waals surface area contributed by atoms with Gasteiger partial charge in [-0.15, -0.1) is 0 Å². The lowest BCUT2D eigenvalue weighted by Crippen LogP contribution is -2.37. The van der Waals surface area contributed by atoms with Crippen LogP contribution >= 0.6 is 11.6 Å². The van der Waals surface area contributed by atoms with Crippen molar-refractivity contribution in [3.63, 3.8) is 0 Å². The number of aromatic nitrogens is 3. The van der Waals surface area contributed by atoms with Crippen LogP contribution in [0.3, 0.4) is 0 Å². The number of nitrogens with zero attached hydrogens (tertiary/aromatic N) is 3. The summed E-state index contributed by atoms with van der Waals surface area (Å²) < 4.78 is 17.5. The average molecular weight is 322 g/mol. The molecule has 0 bridgehead atoms. The molecule has 2 aromatic heterocycles. The highest BCUT2D eigenvalue weighted by Gasteiger charge is 2.13. The van der Waals surface area contributed by atoms with Gasteiger partial charge in [-0.3, -0.25) is 13.9 Å². The van der Waals surface area contributed by atoms with Crippen LogP contribution in [-0.4, -0.2) is 13.7 Å². The minimum absolute atomic E-state index is 0.244. The molecule has 114 valence electrons. The lowest BCUT2D eigenvalue weighted by atomic mass is 10.2. The molecule has 0 saturated carbocycles. The van der Waals surface area contributed by atoms with Crippen LogP contribution in [0.1, 0.15) is 5.56 Å². The molecule has 0 radical (unpaired) electrons. The Kier molecular flexibility index (Phi) is 3.41. The van der Waals surface area contributed by atoms with Crippen molar-refractivity contribution in [2.45, 2.75) is 6.54 Å². The average Bonchev–Trinajstić information content (AvgIpc) is 2.90. The molecule has 0 amide bonds. The number of aryl methyl sites for hydroxylation is 1. The van der Waals surface area contributed by atoms with E-state index in [1.165, 1.54) is 29.8 Å². The molecule has 3 aromatic rings. The monoisotopic (exact) mass is 321 g/mol. The maximum absolute atomic E-state index is 13.4. The Hall–Kier alpha value is -2.34. The highest BCUT2D eigenvalue weighted by molar-refractivity contribution is 6.31. The minimum atomic E-state index is -0.393. The maximum Gasteiger partial charge on any atom is 0.331 e. The van der Waals surface area contributed by atoms with E-state index in [2.05, 4.69) is 0 Å². The van der Waals surface area contributed by atoms with Crippen molar-refractivity contribution in [2.24, 2.45) is 14.1 Å². The number of rotatable bonds is 2. The Labute approximate surface area is 129 Å². The summed E-state index contributed by atoms with van der Waals surface area (Å²) in [7, 11) is 3.03. The largest absolute Gasteiger partial charge is 0.337 e. The number of halogens is 2. The van der Waals surface area contributed by atoms with Crippen molar-refractivity contribution in [3.8, 4) is 0 Å². The first-order valence-corrected chi connectivity index (χ1v) is 6.96. The molecule has 0 aliphatic carbocycles. The highest BCUT2D eigenvalue weighted by Crippen LogP contribution is 2.20. The normalized spacial score (nSPS) is 11.3. The summed E-state index contributed by atoms with van der Waals surface area (Å²) in [5, 5.41) is 0.421. The molecule has 5 nitrogen and oxygen atoms in total. The Morgan fingerprint density at radius 3 is 2.59 bits per heavy atom. The summed E-state index contributed by atoms with van der Waals surface area (Å²) in [6.45, 7) is 0.244. The van der Waals surface area contributed by atoms with E-state index in [9.17, 15) is 14.0 Å². The van der Waals surface area contributed by atoms with Crippen LogP contribution in [0.25, 0.3) is 11.0 Å². The Bertz CT molecular complexity index is 1000. The van der Waals surface area contributed by atoms with E-state index in [1.807, 2.05) is 0 Å². The first-order valence-electron chi connectivity index (χ1n) is 6.59. The van der Waals surface area contributed by atoms with Gasteiger partial charge in [-0.2, -0.15) is 0 Å². The first-order chi connectivity index (χ1) is 10.4. The van der Waals surface area contributed by atoms with E-state index < -0.39 is 11.4 Å². The summed E-state index contributed by atoms with van der Waals surface area (Å²) >= 11 is 6.07. The highest BCUT2D eigenvalue weighted by atomic mass is 35.5. The fourth-order valence-corrected chi connectivity index (χ4v) is 2.70. The van der Waals surface area contributed by atoms with Crippen LogP contribution in [0.15, 0.2) is 40.1 Å². The van der Waals surface area contributed by atoms with Crippen molar-refractivity contribution in [3.05, 3.63) is 67.7 Å². The van der Waals surface area contributed by atoms with Crippen LogP contribution in [-0.2, 0) is 20.6 Å². The summed E-state index contributed by atoms with van der Waals surface area (Å²) in [6.07, 6.45) is 1.69. The predicted octanol–water partition coefficient (Wildman–Crippen LogP) is 1.88. The van der Waals surface area contributed by atoms with Gasteiger partial charge in [0.25, 0.3) is 5.56 Å². The zero-order valence-electron chi connectivity index (χ0n) is 12.0. The van der Waals surface area contributed by atoms with E-state index >= 15 is 0 Å². The zero-order valence-corrected chi connectivity index (χ0v) is 12.8. The Morgan fingerprint density at radius 2 is 1.86 bits per heavy atom. The summed E-state index contributed by atoms with van der Waals surface area (Å²) in [5.41, 5.74) is 0.690. The van der Waals surface area contributed by atoms with E-state index in [4.69, 9.17) is 11.6 Å². The van der Waals surface area contributed by atoms with Gasteiger partial charge in [0.05, 0.1) is 5.52 Å². The fraction of sp³-hybridized carbons (Fsp3) is 0.200. The van der Waals surface area contributed by atoms with Crippen LogP contribution in [0.2, 0.25) is 5.02 Å². The lowest BCUT2D eigenvalue weighted by Gasteiger charge is -2.09. The van der Waals surface area contributed by atoms with E-state index in [-0.39, 0.29) is 12.2 Å². The Balaban J connectivity index is 2.23. The van der Waals surface area contributed by atoms with Crippen molar-refractivity contribution in [1.29, 1.82) is 0 Å². The van der Waals surface area contributed by atoms with Crippen LogP contribution in [0, 0.1) is 5.82 Å². The third-order valence-corrected chi connectivity index (χ3v) is 4.10. The van der Waals surface area contributed by atoms with Gasteiger partial charge in [0.1, 0.15) is 11.3 Å². The second-order valence-electron chi connectivity index (χ2n) is 5.12. The molecule has 0 fully saturated rings. The first kappa shape index (κ1) is 14.6. The molecule has 0 aliphatic heterocycles.